The largest absolute Gasteiger partial charge is 0.325 e. The van der Waals surface area contributed by atoms with Gasteiger partial charge in [-0.05, 0) is 24.6 Å². The Balaban J connectivity index is 2.76. The standard InChI is InChI=1S/C12H14ClN3O/c1-2-3-11(15)12(17)16-9-4-5-10(13)8(6-9)7-14/h4-6,11H,2-3,15H2,1H3,(H,16,17). The van der Waals surface area contributed by atoms with Crippen LogP contribution in [0.3, 0.4) is 0 Å². The molecule has 1 atom stereocenters. The molecular formula is C12H14ClN3O. The quantitative estimate of drug-likeness (QED) is 0.862. The third-order valence-corrected chi connectivity index (χ3v) is 2.62. The maximum absolute atomic E-state index is 11.6. The van der Waals surface area contributed by atoms with Crippen molar-refractivity contribution in [3.05, 3.63) is 28.8 Å². The van der Waals surface area contributed by atoms with Crippen molar-refractivity contribution in [2.24, 2.45) is 5.73 Å². The molecule has 1 rings (SSSR count). The normalized spacial score (nSPS) is 11.6. The van der Waals surface area contributed by atoms with Crippen LogP contribution < -0.4 is 11.1 Å². The van der Waals surface area contributed by atoms with Crippen LogP contribution in [0, 0.1) is 11.3 Å². The van der Waals surface area contributed by atoms with Crippen molar-refractivity contribution in [2.75, 3.05) is 5.32 Å². The van der Waals surface area contributed by atoms with Crippen LogP contribution in [0.4, 0.5) is 5.69 Å². The highest BCUT2D eigenvalue weighted by Gasteiger charge is 2.12. The van der Waals surface area contributed by atoms with E-state index in [0.717, 1.165) is 6.42 Å². The number of halogens is 1. The molecule has 4 nitrogen and oxygen atoms in total. The minimum absolute atomic E-state index is 0.252. The lowest BCUT2D eigenvalue weighted by molar-refractivity contribution is -0.117. The Hall–Kier alpha value is -1.57. The fraction of sp³-hybridized carbons (Fsp3) is 0.333. The van der Waals surface area contributed by atoms with E-state index in [0.29, 0.717) is 22.7 Å². The Labute approximate surface area is 105 Å². The molecule has 0 radical (unpaired) electrons. The van der Waals surface area contributed by atoms with Gasteiger partial charge in [-0.2, -0.15) is 5.26 Å². The van der Waals surface area contributed by atoms with E-state index in [-0.39, 0.29) is 5.91 Å². The molecule has 0 bridgehead atoms. The molecule has 0 aliphatic rings. The van der Waals surface area contributed by atoms with Gasteiger partial charge in [0, 0.05) is 5.69 Å². The summed E-state index contributed by atoms with van der Waals surface area (Å²) in [6, 6.07) is 6.16. The van der Waals surface area contributed by atoms with Crippen LogP contribution in [0.15, 0.2) is 18.2 Å². The number of hydrogen-bond donors (Lipinski definition) is 2. The first-order valence-electron chi connectivity index (χ1n) is 5.34. The highest BCUT2D eigenvalue weighted by atomic mass is 35.5. The van der Waals surface area contributed by atoms with E-state index in [1.54, 1.807) is 12.1 Å². The number of carbonyl (C=O) groups excluding carboxylic acids is 1. The van der Waals surface area contributed by atoms with Gasteiger partial charge in [-0.25, -0.2) is 0 Å². The van der Waals surface area contributed by atoms with Crippen molar-refractivity contribution >= 4 is 23.2 Å². The summed E-state index contributed by atoms with van der Waals surface area (Å²) >= 11 is 5.79. The van der Waals surface area contributed by atoms with Crippen LogP contribution in [0.5, 0.6) is 0 Å². The van der Waals surface area contributed by atoms with Crippen molar-refractivity contribution in [1.82, 2.24) is 0 Å². The molecule has 1 aromatic rings. The lowest BCUT2D eigenvalue weighted by Gasteiger charge is -2.11. The van der Waals surface area contributed by atoms with Crippen LogP contribution >= 0.6 is 11.6 Å². The first-order valence-corrected chi connectivity index (χ1v) is 5.72. The Morgan fingerprint density at radius 2 is 2.35 bits per heavy atom. The Kier molecular flexibility index (Phi) is 4.95. The summed E-state index contributed by atoms with van der Waals surface area (Å²) < 4.78 is 0. The van der Waals surface area contributed by atoms with Crippen molar-refractivity contribution in [1.29, 1.82) is 5.26 Å². The number of benzene rings is 1. The number of nitrogens with two attached hydrogens (primary N) is 1. The van der Waals surface area contributed by atoms with Crippen LogP contribution in [0.1, 0.15) is 25.3 Å². The lowest BCUT2D eigenvalue weighted by Crippen LogP contribution is -2.35. The number of nitriles is 1. The summed E-state index contributed by atoms with van der Waals surface area (Å²) in [4.78, 5) is 11.6. The average Bonchev–Trinajstić information content (AvgIpc) is 2.31. The second-order valence-corrected chi connectivity index (χ2v) is 4.10. The second kappa shape index (κ2) is 6.24. The van der Waals surface area contributed by atoms with Crippen molar-refractivity contribution in [2.45, 2.75) is 25.8 Å². The number of anilines is 1. The monoisotopic (exact) mass is 251 g/mol. The molecule has 1 unspecified atom stereocenters. The van der Waals surface area contributed by atoms with Crippen LogP contribution in [-0.4, -0.2) is 11.9 Å². The Morgan fingerprint density at radius 3 is 2.94 bits per heavy atom. The number of amides is 1. The number of rotatable bonds is 4. The highest BCUT2D eigenvalue weighted by Crippen LogP contribution is 2.19. The zero-order valence-corrected chi connectivity index (χ0v) is 10.3. The van der Waals surface area contributed by atoms with E-state index in [1.807, 2.05) is 13.0 Å². The fourth-order valence-corrected chi connectivity index (χ4v) is 1.53. The second-order valence-electron chi connectivity index (χ2n) is 3.69. The predicted octanol–water partition coefficient (Wildman–Crippen LogP) is 2.28. The van der Waals surface area contributed by atoms with Gasteiger partial charge in [0.1, 0.15) is 6.07 Å². The maximum Gasteiger partial charge on any atom is 0.241 e. The van der Waals surface area contributed by atoms with Crippen molar-refractivity contribution < 1.29 is 4.79 Å². The van der Waals surface area contributed by atoms with Crippen LogP contribution in [0.25, 0.3) is 0 Å². The summed E-state index contributed by atoms with van der Waals surface area (Å²) in [6.07, 6.45) is 1.48. The van der Waals surface area contributed by atoms with Gasteiger partial charge in [0.2, 0.25) is 5.91 Å². The number of nitrogens with zero attached hydrogens (tertiary/aromatic N) is 1. The third-order valence-electron chi connectivity index (χ3n) is 2.29. The zero-order valence-electron chi connectivity index (χ0n) is 9.53. The van der Waals surface area contributed by atoms with E-state index < -0.39 is 6.04 Å². The van der Waals surface area contributed by atoms with E-state index in [1.165, 1.54) is 6.07 Å². The molecule has 0 fully saturated rings. The van der Waals surface area contributed by atoms with Crippen molar-refractivity contribution in [3.63, 3.8) is 0 Å². The molecule has 0 spiro atoms. The molecule has 0 heterocycles. The topological polar surface area (TPSA) is 78.9 Å². The molecule has 0 saturated heterocycles. The van der Waals surface area contributed by atoms with Gasteiger partial charge in [0.25, 0.3) is 0 Å². The van der Waals surface area contributed by atoms with Crippen molar-refractivity contribution in [3.8, 4) is 6.07 Å². The van der Waals surface area contributed by atoms with Gasteiger partial charge in [-0.15, -0.1) is 0 Å². The molecule has 0 aliphatic heterocycles. The number of nitrogens with one attached hydrogen (secondary N) is 1. The Bertz CT molecular complexity index is 454. The molecule has 1 amide bonds. The molecular weight excluding hydrogens is 238 g/mol. The number of hydrogen-bond acceptors (Lipinski definition) is 3. The lowest BCUT2D eigenvalue weighted by atomic mass is 10.1. The average molecular weight is 252 g/mol. The van der Waals surface area contributed by atoms with E-state index in [9.17, 15) is 4.79 Å². The van der Waals surface area contributed by atoms with Gasteiger partial charge in [0.15, 0.2) is 0 Å². The molecule has 90 valence electrons. The highest BCUT2D eigenvalue weighted by molar-refractivity contribution is 6.31. The maximum atomic E-state index is 11.6. The summed E-state index contributed by atoms with van der Waals surface area (Å²) in [5, 5.41) is 11.8. The van der Waals surface area contributed by atoms with Gasteiger partial charge < -0.3 is 11.1 Å². The van der Waals surface area contributed by atoms with Crippen LogP contribution in [-0.2, 0) is 4.79 Å². The molecule has 1 aromatic carbocycles. The van der Waals surface area contributed by atoms with E-state index >= 15 is 0 Å². The molecule has 0 saturated carbocycles. The summed E-state index contributed by atoms with van der Waals surface area (Å²) in [7, 11) is 0. The summed E-state index contributed by atoms with van der Waals surface area (Å²) in [5.74, 6) is -0.252. The zero-order chi connectivity index (χ0) is 12.8. The summed E-state index contributed by atoms with van der Waals surface area (Å²) in [5.41, 5.74) is 6.53. The smallest absolute Gasteiger partial charge is 0.241 e. The molecule has 3 N–H and O–H groups in total. The SMILES string of the molecule is CCCC(N)C(=O)Nc1ccc(Cl)c(C#N)c1. The van der Waals surface area contributed by atoms with E-state index in [4.69, 9.17) is 22.6 Å². The first kappa shape index (κ1) is 13.5. The molecule has 0 aliphatic carbocycles. The molecule has 5 heteroatoms. The summed E-state index contributed by atoms with van der Waals surface area (Å²) in [6.45, 7) is 1.96. The van der Waals surface area contributed by atoms with Gasteiger partial charge in [0.05, 0.1) is 16.6 Å². The first-order chi connectivity index (χ1) is 8.08. The third kappa shape index (κ3) is 3.74. The number of carbonyl (C=O) groups is 1. The van der Waals surface area contributed by atoms with Gasteiger partial charge in [-0.1, -0.05) is 24.9 Å². The minimum atomic E-state index is -0.527. The minimum Gasteiger partial charge on any atom is -0.325 e. The molecule has 17 heavy (non-hydrogen) atoms. The molecule has 0 aromatic heterocycles. The van der Waals surface area contributed by atoms with Gasteiger partial charge in [-0.3, -0.25) is 4.79 Å². The fourth-order valence-electron chi connectivity index (χ4n) is 1.37. The predicted molar refractivity (Wildman–Crippen MR) is 67.7 cm³/mol. The van der Waals surface area contributed by atoms with Gasteiger partial charge >= 0.3 is 0 Å². The van der Waals surface area contributed by atoms with Crippen LogP contribution in [0.2, 0.25) is 5.02 Å². The van der Waals surface area contributed by atoms with E-state index in [2.05, 4.69) is 5.32 Å². The Morgan fingerprint density at radius 1 is 1.65 bits per heavy atom.